The highest BCUT2D eigenvalue weighted by atomic mass is 35.5. The van der Waals surface area contributed by atoms with E-state index in [0.717, 1.165) is 0 Å². The van der Waals surface area contributed by atoms with Gasteiger partial charge in [-0.05, 0) is 11.6 Å². The van der Waals surface area contributed by atoms with Crippen LogP contribution in [0.25, 0.3) is 0 Å². The second-order valence-corrected chi connectivity index (χ2v) is 3.21. The molecule has 0 aliphatic carbocycles. The Balaban J connectivity index is 3.14. The Labute approximate surface area is 85.8 Å². The van der Waals surface area contributed by atoms with Crippen LogP contribution >= 0.6 is 11.6 Å². The van der Waals surface area contributed by atoms with Gasteiger partial charge in [0.15, 0.2) is 0 Å². The number of hydrogen-bond acceptors (Lipinski definition) is 4. The third-order valence-corrected chi connectivity index (χ3v) is 2.19. The molecular formula is C8H10ClN3O2. The molecule has 5 nitrogen and oxygen atoms in total. The summed E-state index contributed by atoms with van der Waals surface area (Å²) in [7, 11) is 0. The average molecular weight is 216 g/mol. The summed E-state index contributed by atoms with van der Waals surface area (Å²) in [4.78, 5) is 9.97. The quantitative estimate of drug-likeness (QED) is 0.585. The lowest BCUT2D eigenvalue weighted by Crippen LogP contribution is -2.21. The maximum atomic E-state index is 10.5. The number of nitro benzene ring substituents is 1. The van der Waals surface area contributed by atoms with E-state index in [1.54, 1.807) is 0 Å². The van der Waals surface area contributed by atoms with Gasteiger partial charge in [0.25, 0.3) is 5.69 Å². The second-order valence-electron chi connectivity index (χ2n) is 2.81. The fourth-order valence-electron chi connectivity index (χ4n) is 1.06. The molecule has 14 heavy (non-hydrogen) atoms. The number of non-ortho nitro benzene ring substituents is 1. The van der Waals surface area contributed by atoms with Gasteiger partial charge in [0, 0.05) is 29.7 Å². The third kappa shape index (κ3) is 2.20. The molecule has 0 saturated carbocycles. The summed E-state index contributed by atoms with van der Waals surface area (Å²) in [6, 6.07) is 3.65. The normalized spacial score (nSPS) is 12.5. The fraction of sp³-hybridized carbons (Fsp3) is 0.250. The zero-order chi connectivity index (χ0) is 10.7. The molecule has 0 aromatic heterocycles. The highest BCUT2D eigenvalue weighted by Gasteiger charge is 2.13. The zero-order valence-electron chi connectivity index (χ0n) is 7.31. The van der Waals surface area contributed by atoms with Crippen LogP contribution < -0.4 is 11.5 Å². The SMILES string of the molecule is NC[C@H](N)c1cc([N+](=O)[O-])ccc1Cl. The number of hydrogen-bond donors (Lipinski definition) is 2. The Kier molecular flexibility index (Phi) is 3.40. The van der Waals surface area contributed by atoms with Gasteiger partial charge in [-0.15, -0.1) is 0 Å². The summed E-state index contributed by atoms with van der Waals surface area (Å²) in [5.41, 5.74) is 11.4. The molecule has 0 radical (unpaired) electrons. The van der Waals surface area contributed by atoms with Crippen LogP contribution in [0.2, 0.25) is 5.02 Å². The van der Waals surface area contributed by atoms with E-state index >= 15 is 0 Å². The summed E-state index contributed by atoms with van der Waals surface area (Å²) in [6.45, 7) is 0.195. The largest absolute Gasteiger partial charge is 0.329 e. The van der Waals surface area contributed by atoms with Gasteiger partial charge >= 0.3 is 0 Å². The van der Waals surface area contributed by atoms with Gasteiger partial charge in [0.2, 0.25) is 0 Å². The van der Waals surface area contributed by atoms with E-state index in [2.05, 4.69) is 0 Å². The number of halogens is 1. The number of nitrogens with two attached hydrogens (primary N) is 2. The van der Waals surface area contributed by atoms with Gasteiger partial charge in [-0.2, -0.15) is 0 Å². The molecule has 1 aromatic rings. The topological polar surface area (TPSA) is 95.2 Å². The first-order valence-electron chi connectivity index (χ1n) is 3.95. The summed E-state index contributed by atoms with van der Waals surface area (Å²) >= 11 is 5.82. The van der Waals surface area contributed by atoms with Crippen LogP contribution in [-0.2, 0) is 0 Å². The van der Waals surface area contributed by atoms with Crippen LogP contribution in [0, 0.1) is 10.1 Å². The summed E-state index contributed by atoms with van der Waals surface area (Å²) in [6.07, 6.45) is 0. The monoisotopic (exact) mass is 215 g/mol. The van der Waals surface area contributed by atoms with Gasteiger partial charge in [0.05, 0.1) is 4.92 Å². The Hall–Kier alpha value is -1.17. The van der Waals surface area contributed by atoms with Crippen molar-refractivity contribution < 1.29 is 4.92 Å². The van der Waals surface area contributed by atoms with Crippen molar-refractivity contribution in [3.05, 3.63) is 38.9 Å². The van der Waals surface area contributed by atoms with Crippen molar-refractivity contribution in [1.82, 2.24) is 0 Å². The maximum Gasteiger partial charge on any atom is 0.269 e. The lowest BCUT2D eigenvalue weighted by atomic mass is 10.1. The first-order chi connectivity index (χ1) is 6.56. The molecule has 1 atom stereocenters. The minimum Gasteiger partial charge on any atom is -0.329 e. The molecule has 0 unspecified atom stereocenters. The van der Waals surface area contributed by atoms with E-state index in [4.69, 9.17) is 23.1 Å². The molecule has 0 aliphatic rings. The first kappa shape index (κ1) is 10.9. The van der Waals surface area contributed by atoms with Gasteiger partial charge in [0.1, 0.15) is 0 Å². The van der Waals surface area contributed by atoms with E-state index in [0.29, 0.717) is 10.6 Å². The van der Waals surface area contributed by atoms with E-state index in [1.165, 1.54) is 18.2 Å². The molecule has 4 N–H and O–H groups in total. The van der Waals surface area contributed by atoms with E-state index < -0.39 is 11.0 Å². The standard InChI is InChI=1S/C8H10ClN3O2/c9-7-2-1-5(12(13)14)3-6(7)8(11)4-10/h1-3,8H,4,10-11H2/t8-/m0/s1. The van der Waals surface area contributed by atoms with Crippen molar-refractivity contribution in [2.24, 2.45) is 11.5 Å². The molecule has 6 heteroatoms. The molecule has 0 aliphatic heterocycles. The van der Waals surface area contributed by atoms with Crippen LogP contribution in [0.1, 0.15) is 11.6 Å². The third-order valence-electron chi connectivity index (χ3n) is 1.84. The molecule has 0 spiro atoms. The molecule has 0 bridgehead atoms. The van der Waals surface area contributed by atoms with Crippen LogP contribution in [0.4, 0.5) is 5.69 Å². The Bertz CT molecular complexity index is 356. The van der Waals surface area contributed by atoms with Crippen LogP contribution in [-0.4, -0.2) is 11.5 Å². The highest BCUT2D eigenvalue weighted by Crippen LogP contribution is 2.25. The van der Waals surface area contributed by atoms with Crippen LogP contribution in [0.5, 0.6) is 0 Å². The Morgan fingerprint density at radius 3 is 2.71 bits per heavy atom. The number of benzene rings is 1. The van der Waals surface area contributed by atoms with Gasteiger partial charge in [-0.25, -0.2) is 0 Å². The zero-order valence-corrected chi connectivity index (χ0v) is 8.07. The predicted molar refractivity (Wildman–Crippen MR) is 54.1 cm³/mol. The summed E-state index contributed by atoms with van der Waals surface area (Å²) < 4.78 is 0. The van der Waals surface area contributed by atoms with Crippen LogP contribution in [0.15, 0.2) is 18.2 Å². The molecule has 0 heterocycles. The van der Waals surface area contributed by atoms with Gasteiger partial charge in [-0.3, -0.25) is 10.1 Å². The van der Waals surface area contributed by atoms with Crippen molar-refractivity contribution in [2.45, 2.75) is 6.04 Å². The molecule has 76 valence electrons. The predicted octanol–water partition coefficient (Wildman–Crippen LogP) is 1.21. The van der Waals surface area contributed by atoms with Crippen molar-refractivity contribution >= 4 is 17.3 Å². The van der Waals surface area contributed by atoms with Gasteiger partial charge in [-0.1, -0.05) is 11.6 Å². The van der Waals surface area contributed by atoms with Crippen molar-refractivity contribution in [3.63, 3.8) is 0 Å². The average Bonchev–Trinajstić information content (AvgIpc) is 2.17. The summed E-state index contributed by atoms with van der Waals surface area (Å²) in [5.74, 6) is 0. The van der Waals surface area contributed by atoms with Crippen molar-refractivity contribution in [3.8, 4) is 0 Å². The number of nitro groups is 1. The van der Waals surface area contributed by atoms with E-state index in [-0.39, 0.29) is 12.2 Å². The first-order valence-corrected chi connectivity index (χ1v) is 4.33. The highest BCUT2D eigenvalue weighted by molar-refractivity contribution is 6.31. The minimum atomic E-state index is -0.497. The van der Waals surface area contributed by atoms with Crippen molar-refractivity contribution in [1.29, 1.82) is 0 Å². The molecule has 0 saturated heterocycles. The molecule has 1 rings (SSSR count). The fourth-order valence-corrected chi connectivity index (χ4v) is 1.31. The molecule has 0 fully saturated rings. The number of rotatable bonds is 3. The lowest BCUT2D eigenvalue weighted by molar-refractivity contribution is -0.384. The molecular weight excluding hydrogens is 206 g/mol. The minimum absolute atomic E-state index is 0.0340. The van der Waals surface area contributed by atoms with E-state index in [1.807, 2.05) is 0 Å². The lowest BCUT2D eigenvalue weighted by Gasteiger charge is -2.10. The van der Waals surface area contributed by atoms with Crippen LogP contribution in [0.3, 0.4) is 0 Å². The summed E-state index contributed by atoms with van der Waals surface area (Å²) in [5, 5.41) is 10.9. The number of nitrogens with zero attached hydrogens (tertiary/aromatic N) is 1. The smallest absolute Gasteiger partial charge is 0.269 e. The second kappa shape index (κ2) is 4.36. The molecule has 0 amide bonds. The maximum absolute atomic E-state index is 10.5. The van der Waals surface area contributed by atoms with Crippen molar-refractivity contribution in [2.75, 3.05) is 6.54 Å². The molecule has 1 aromatic carbocycles. The van der Waals surface area contributed by atoms with E-state index in [9.17, 15) is 10.1 Å². The van der Waals surface area contributed by atoms with Gasteiger partial charge < -0.3 is 11.5 Å². The Morgan fingerprint density at radius 1 is 1.57 bits per heavy atom. The Morgan fingerprint density at radius 2 is 2.21 bits per heavy atom.